The van der Waals surface area contributed by atoms with Crippen LogP contribution in [-0.2, 0) is 13.2 Å². The summed E-state index contributed by atoms with van der Waals surface area (Å²) in [6.45, 7) is 3.24. The van der Waals surface area contributed by atoms with Gasteiger partial charge in [0.1, 0.15) is 12.4 Å². The second-order valence-corrected chi connectivity index (χ2v) is 7.91. The quantitative estimate of drug-likeness (QED) is 0.349. The van der Waals surface area contributed by atoms with E-state index < -0.39 is 0 Å². The molecule has 0 amide bonds. The van der Waals surface area contributed by atoms with E-state index in [-0.39, 0.29) is 12.4 Å². The highest BCUT2D eigenvalue weighted by molar-refractivity contribution is 9.10. The van der Waals surface area contributed by atoms with E-state index in [0.29, 0.717) is 34.7 Å². The largest absolute Gasteiger partial charge is 0.490 e. The zero-order valence-corrected chi connectivity index (χ0v) is 18.7. The molecule has 7 heteroatoms. The molecule has 1 N–H and O–H groups in total. The molecule has 0 radical (unpaired) electrons. The Hall–Kier alpha value is -1.95. The van der Waals surface area contributed by atoms with Gasteiger partial charge in [0.25, 0.3) is 0 Å². The van der Waals surface area contributed by atoms with Crippen molar-refractivity contribution in [3.05, 3.63) is 86.1 Å². The summed E-state index contributed by atoms with van der Waals surface area (Å²) in [6, 6.07) is 15.3. The first-order valence-corrected chi connectivity index (χ1v) is 10.5. The van der Waals surface area contributed by atoms with Crippen molar-refractivity contribution in [2.24, 2.45) is 0 Å². The van der Waals surface area contributed by atoms with Gasteiger partial charge in [0.2, 0.25) is 0 Å². The first-order valence-electron chi connectivity index (χ1n) is 8.97. The van der Waals surface area contributed by atoms with Crippen LogP contribution in [-0.4, -0.2) is 6.61 Å². The van der Waals surface area contributed by atoms with Crippen LogP contribution in [0.2, 0.25) is 10.0 Å². The van der Waals surface area contributed by atoms with Gasteiger partial charge in [-0.15, -0.1) is 0 Å². The van der Waals surface area contributed by atoms with Gasteiger partial charge in [-0.3, -0.25) is 0 Å². The zero-order valence-electron chi connectivity index (χ0n) is 15.6. The van der Waals surface area contributed by atoms with Gasteiger partial charge in [0.15, 0.2) is 11.5 Å². The second kappa shape index (κ2) is 10.2. The molecule has 0 unspecified atom stereocenters. The van der Waals surface area contributed by atoms with E-state index in [1.54, 1.807) is 24.3 Å². The molecule has 0 atom stereocenters. The summed E-state index contributed by atoms with van der Waals surface area (Å²) < 4.78 is 25.6. The van der Waals surface area contributed by atoms with Crippen LogP contribution in [0.1, 0.15) is 18.1 Å². The van der Waals surface area contributed by atoms with Gasteiger partial charge in [0, 0.05) is 32.3 Å². The fraction of sp³-hybridized carbons (Fsp3) is 0.182. The van der Waals surface area contributed by atoms with Gasteiger partial charge in [0.05, 0.1) is 6.61 Å². The normalized spacial score (nSPS) is 10.7. The van der Waals surface area contributed by atoms with Crippen LogP contribution in [0.4, 0.5) is 10.1 Å². The van der Waals surface area contributed by atoms with Crippen LogP contribution < -0.4 is 14.8 Å². The van der Waals surface area contributed by atoms with Gasteiger partial charge in [-0.2, -0.15) is 0 Å². The Labute approximate surface area is 187 Å². The SMILES string of the molecule is CCOc1cc(CNc2ccc(F)cc2)c(Br)cc1OCc1ccc(Cl)cc1Cl. The van der Waals surface area contributed by atoms with Crippen molar-refractivity contribution in [1.82, 2.24) is 0 Å². The lowest BCUT2D eigenvalue weighted by Crippen LogP contribution is -2.04. The molecule has 0 aliphatic heterocycles. The van der Waals surface area contributed by atoms with Crippen LogP contribution in [0, 0.1) is 5.82 Å². The van der Waals surface area contributed by atoms with E-state index in [4.69, 9.17) is 32.7 Å². The minimum Gasteiger partial charge on any atom is -0.490 e. The third kappa shape index (κ3) is 6.01. The third-order valence-electron chi connectivity index (χ3n) is 4.14. The average molecular weight is 499 g/mol. The Morgan fingerprint density at radius 3 is 2.34 bits per heavy atom. The summed E-state index contributed by atoms with van der Waals surface area (Å²) in [4.78, 5) is 0. The smallest absolute Gasteiger partial charge is 0.162 e. The highest BCUT2D eigenvalue weighted by Gasteiger charge is 2.12. The monoisotopic (exact) mass is 497 g/mol. The van der Waals surface area contributed by atoms with Gasteiger partial charge < -0.3 is 14.8 Å². The molecular formula is C22H19BrCl2FNO2. The summed E-state index contributed by atoms with van der Waals surface area (Å²) in [6.07, 6.45) is 0. The Morgan fingerprint density at radius 2 is 1.66 bits per heavy atom. The average Bonchev–Trinajstić information content (AvgIpc) is 2.69. The summed E-state index contributed by atoms with van der Waals surface area (Å²) in [5.41, 5.74) is 2.64. The maximum Gasteiger partial charge on any atom is 0.162 e. The lowest BCUT2D eigenvalue weighted by atomic mass is 10.2. The predicted octanol–water partition coefficient (Wildman–Crippen LogP) is 7.48. The third-order valence-corrected chi connectivity index (χ3v) is 5.46. The Morgan fingerprint density at radius 1 is 0.931 bits per heavy atom. The highest BCUT2D eigenvalue weighted by Crippen LogP contribution is 2.35. The fourth-order valence-corrected chi connectivity index (χ4v) is 3.58. The number of halogens is 4. The molecule has 0 fully saturated rings. The van der Waals surface area contributed by atoms with Gasteiger partial charge in [-0.25, -0.2) is 4.39 Å². The summed E-state index contributed by atoms with van der Waals surface area (Å²) in [5.74, 6) is 0.977. The van der Waals surface area contributed by atoms with Crippen molar-refractivity contribution in [2.45, 2.75) is 20.1 Å². The first-order chi connectivity index (χ1) is 14.0. The number of hydrogen-bond donors (Lipinski definition) is 1. The first kappa shape index (κ1) is 21.8. The van der Waals surface area contributed by atoms with Crippen molar-refractivity contribution in [3.63, 3.8) is 0 Å². The summed E-state index contributed by atoms with van der Waals surface area (Å²) >= 11 is 15.8. The van der Waals surface area contributed by atoms with Crippen LogP contribution in [0.15, 0.2) is 59.1 Å². The maximum atomic E-state index is 13.1. The number of anilines is 1. The van der Waals surface area contributed by atoms with Crippen LogP contribution in [0.5, 0.6) is 11.5 Å². The molecule has 3 nitrogen and oxygen atoms in total. The predicted molar refractivity (Wildman–Crippen MR) is 120 cm³/mol. The van der Waals surface area contributed by atoms with E-state index >= 15 is 0 Å². The molecule has 0 bridgehead atoms. The minimum atomic E-state index is -0.266. The number of ether oxygens (including phenoxy) is 2. The molecular weight excluding hydrogens is 480 g/mol. The molecule has 0 saturated heterocycles. The van der Waals surface area contributed by atoms with E-state index in [0.717, 1.165) is 21.3 Å². The molecule has 3 aromatic carbocycles. The zero-order chi connectivity index (χ0) is 20.8. The molecule has 29 heavy (non-hydrogen) atoms. The van der Waals surface area contributed by atoms with Crippen LogP contribution in [0.25, 0.3) is 0 Å². The number of nitrogens with one attached hydrogen (secondary N) is 1. The molecule has 0 aromatic heterocycles. The van der Waals surface area contributed by atoms with Crippen LogP contribution >= 0.6 is 39.1 Å². The minimum absolute atomic E-state index is 0.266. The Bertz CT molecular complexity index is 983. The van der Waals surface area contributed by atoms with Crippen molar-refractivity contribution in [3.8, 4) is 11.5 Å². The standard InChI is InChI=1S/C22H19BrCl2FNO2/c1-2-28-21-9-15(12-27-18-7-5-17(26)6-8-18)19(23)11-22(21)29-13-14-3-4-16(24)10-20(14)25/h3-11,27H,2,12-13H2,1H3. The van der Waals surface area contributed by atoms with E-state index in [9.17, 15) is 4.39 Å². The lowest BCUT2D eigenvalue weighted by molar-refractivity contribution is 0.269. The van der Waals surface area contributed by atoms with Gasteiger partial charge in [-0.05, 0) is 61.0 Å². The van der Waals surface area contributed by atoms with E-state index in [1.165, 1.54) is 12.1 Å². The molecule has 0 aliphatic rings. The van der Waals surface area contributed by atoms with E-state index in [2.05, 4.69) is 21.2 Å². The number of rotatable bonds is 8. The highest BCUT2D eigenvalue weighted by atomic mass is 79.9. The topological polar surface area (TPSA) is 30.5 Å². The molecule has 3 aromatic rings. The molecule has 0 aliphatic carbocycles. The maximum absolute atomic E-state index is 13.1. The molecule has 0 saturated carbocycles. The second-order valence-electron chi connectivity index (χ2n) is 6.21. The Balaban J connectivity index is 1.75. The van der Waals surface area contributed by atoms with Crippen molar-refractivity contribution in [2.75, 3.05) is 11.9 Å². The van der Waals surface area contributed by atoms with Crippen LogP contribution in [0.3, 0.4) is 0 Å². The summed E-state index contributed by atoms with van der Waals surface area (Å²) in [7, 11) is 0. The fourth-order valence-electron chi connectivity index (χ4n) is 2.65. The lowest BCUT2D eigenvalue weighted by Gasteiger charge is -2.16. The van der Waals surface area contributed by atoms with E-state index in [1.807, 2.05) is 25.1 Å². The summed E-state index contributed by atoms with van der Waals surface area (Å²) in [5, 5.41) is 4.39. The molecule has 0 heterocycles. The Kier molecular flexibility index (Phi) is 7.64. The van der Waals surface area contributed by atoms with Gasteiger partial charge in [-0.1, -0.05) is 45.2 Å². The molecule has 3 rings (SSSR count). The molecule has 0 spiro atoms. The van der Waals surface area contributed by atoms with Crippen molar-refractivity contribution >= 4 is 44.8 Å². The number of hydrogen-bond acceptors (Lipinski definition) is 3. The number of benzene rings is 3. The van der Waals surface area contributed by atoms with Crippen molar-refractivity contribution in [1.29, 1.82) is 0 Å². The van der Waals surface area contributed by atoms with Gasteiger partial charge >= 0.3 is 0 Å². The van der Waals surface area contributed by atoms with Crippen molar-refractivity contribution < 1.29 is 13.9 Å². The molecule has 152 valence electrons.